The van der Waals surface area contributed by atoms with Crippen molar-refractivity contribution >= 4 is 0 Å². The van der Waals surface area contributed by atoms with Gasteiger partial charge in [0, 0.05) is 0 Å². The van der Waals surface area contributed by atoms with E-state index in [0.717, 1.165) is 0 Å². The van der Waals surface area contributed by atoms with Crippen LogP contribution in [0.15, 0.2) is 6.20 Å². The summed E-state index contributed by atoms with van der Waals surface area (Å²) in [5.41, 5.74) is -0.0240. The summed E-state index contributed by atoms with van der Waals surface area (Å²) in [5.74, 6) is 0.555. The van der Waals surface area contributed by atoms with E-state index < -0.39 is 0 Å². The van der Waals surface area contributed by atoms with E-state index in [2.05, 4.69) is 31.1 Å². The monoisotopic (exact) mass is 155 g/mol. The van der Waals surface area contributed by atoms with Gasteiger partial charge in [-0.05, 0) is 20.8 Å². The number of nitrogens with zero attached hydrogens (tertiary/aromatic N) is 3. The topological polar surface area (TPSA) is 39.9 Å². The first-order valence-corrected chi connectivity index (χ1v) is 3.51. The van der Waals surface area contributed by atoms with Crippen LogP contribution < -0.4 is 4.74 Å². The Morgan fingerprint density at radius 3 is 2.36 bits per heavy atom. The van der Waals surface area contributed by atoms with E-state index in [9.17, 15) is 0 Å². The minimum Gasteiger partial charge on any atom is -0.479 e. The van der Waals surface area contributed by atoms with Crippen molar-refractivity contribution in [1.82, 2.24) is 15.0 Å². The van der Waals surface area contributed by atoms with Crippen molar-refractivity contribution in [1.29, 1.82) is 0 Å². The second-order valence-corrected chi connectivity index (χ2v) is 3.38. The number of aromatic nitrogens is 3. The van der Waals surface area contributed by atoms with Gasteiger partial charge in [-0.3, -0.25) is 0 Å². The Labute approximate surface area is 66.2 Å². The van der Waals surface area contributed by atoms with Crippen LogP contribution in [-0.2, 0) is 5.54 Å². The molecular weight excluding hydrogens is 142 g/mol. The molecule has 1 aromatic heterocycles. The average Bonchev–Trinajstić information content (AvgIpc) is 2.32. The normalized spacial score (nSPS) is 11.6. The first kappa shape index (κ1) is 8.04. The standard InChI is InChI=1S/C7H13N3O/c1-7(2,3)10-5-6(11-4)8-9-10/h5H,1-4H3. The average molecular weight is 155 g/mol. The lowest BCUT2D eigenvalue weighted by molar-refractivity contribution is 0.346. The molecule has 0 aromatic carbocycles. The Balaban J connectivity index is 2.89. The van der Waals surface area contributed by atoms with Gasteiger partial charge >= 0.3 is 0 Å². The summed E-state index contributed by atoms with van der Waals surface area (Å²) < 4.78 is 6.67. The first-order valence-electron chi connectivity index (χ1n) is 3.51. The van der Waals surface area contributed by atoms with Crippen molar-refractivity contribution in [3.05, 3.63) is 6.20 Å². The number of rotatable bonds is 1. The van der Waals surface area contributed by atoms with E-state index in [1.165, 1.54) is 0 Å². The third-order valence-corrected chi connectivity index (χ3v) is 1.37. The highest BCUT2D eigenvalue weighted by Crippen LogP contribution is 2.14. The summed E-state index contributed by atoms with van der Waals surface area (Å²) in [6, 6.07) is 0. The van der Waals surface area contributed by atoms with E-state index >= 15 is 0 Å². The zero-order valence-electron chi connectivity index (χ0n) is 7.33. The molecule has 1 rings (SSSR count). The molecule has 0 aliphatic carbocycles. The van der Waals surface area contributed by atoms with E-state index in [-0.39, 0.29) is 5.54 Å². The molecule has 0 unspecified atom stereocenters. The highest BCUT2D eigenvalue weighted by molar-refractivity contribution is 5.00. The Hall–Kier alpha value is -1.06. The molecule has 4 nitrogen and oxygen atoms in total. The molecule has 0 N–H and O–H groups in total. The van der Waals surface area contributed by atoms with Gasteiger partial charge in [-0.25, -0.2) is 4.68 Å². The SMILES string of the molecule is COc1cn(C(C)(C)C)nn1. The molecule has 4 heteroatoms. The number of hydrogen-bond acceptors (Lipinski definition) is 3. The van der Waals surface area contributed by atoms with Crippen LogP contribution in [0.25, 0.3) is 0 Å². The maximum atomic E-state index is 4.90. The Morgan fingerprint density at radius 2 is 2.09 bits per heavy atom. The molecule has 0 saturated heterocycles. The van der Waals surface area contributed by atoms with Crippen molar-refractivity contribution in [3.63, 3.8) is 0 Å². The van der Waals surface area contributed by atoms with Gasteiger partial charge in [0.05, 0.1) is 18.8 Å². The fraction of sp³-hybridized carbons (Fsp3) is 0.714. The third-order valence-electron chi connectivity index (χ3n) is 1.37. The summed E-state index contributed by atoms with van der Waals surface area (Å²) in [4.78, 5) is 0. The number of methoxy groups -OCH3 is 1. The van der Waals surface area contributed by atoms with Crippen LogP contribution in [0.2, 0.25) is 0 Å². The molecule has 0 atom stereocenters. The fourth-order valence-corrected chi connectivity index (χ4v) is 0.670. The molecule has 62 valence electrons. The molecule has 0 saturated carbocycles. The maximum Gasteiger partial charge on any atom is 0.253 e. The van der Waals surface area contributed by atoms with Crippen LogP contribution in [0.4, 0.5) is 0 Å². The third kappa shape index (κ3) is 1.69. The molecule has 0 spiro atoms. The van der Waals surface area contributed by atoms with E-state index in [1.807, 2.05) is 0 Å². The van der Waals surface area contributed by atoms with Crippen LogP contribution in [0.5, 0.6) is 5.88 Å². The van der Waals surface area contributed by atoms with E-state index in [1.54, 1.807) is 18.0 Å². The molecule has 11 heavy (non-hydrogen) atoms. The second-order valence-electron chi connectivity index (χ2n) is 3.38. The molecule has 0 radical (unpaired) electrons. The number of ether oxygens (including phenoxy) is 1. The van der Waals surface area contributed by atoms with Gasteiger partial charge in [0.25, 0.3) is 5.88 Å². The Kier molecular flexibility index (Phi) is 1.85. The van der Waals surface area contributed by atoms with Crippen LogP contribution in [0.1, 0.15) is 20.8 Å². The fourth-order valence-electron chi connectivity index (χ4n) is 0.670. The predicted molar refractivity (Wildman–Crippen MR) is 41.6 cm³/mol. The van der Waals surface area contributed by atoms with Gasteiger partial charge in [0.15, 0.2) is 0 Å². The highest BCUT2D eigenvalue weighted by atomic mass is 16.5. The summed E-state index contributed by atoms with van der Waals surface area (Å²) in [6.45, 7) is 6.17. The van der Waals surface area contributed by atoms with Gasteiger partial charge in [0.2, 0.25) is 0 Å². The molecule has 0 fully saturated rings. The Bertz CT molecular complexity index is 236. The van der Waals surface area contributed by atoms with E-state index in [0.29, 0.717) is 5.88 Å². The van der Waals surface area contributed by atoms with Gasteiger partial charge in [-0.2, -0.15) is 0 Å². The summed E-state index contributed by atoms with van der Waals surface area (Å²) in [7, 11) is 1.58. The lowest BCUT2D eigenvalue weighted by Crippen LogP contribution is -2.22. The van der Waals surface area contributed by atoms with Crippen LogP contribution in [0.3, 0.4) is 0 Å². The molecule has 0 aliphatic heterocycles. The second kappa shape index (κ2) is 2.53. The van der Waals surface area contributed by atoms with Crippen molar-refractivity contribution in [2.24, 2.45) is 0 Å². The maximum absolute atomic E-state index is 4.90. The summed E-state index contributed by atoms with van der Waals surface area (Å²) >= 11 is 0. The molecule has 1 aromatic rings. The highest BCUT2D eigenvalue weighted by Gasteiger charge is 2.14. The first-order chi connectivity index (χ1) is 5.04. The van der Waals surface area contributed by atoms with E-state index in [4.69, 9.17) is 4.74 Å². The van der Waals surface area contributed by atoms with Crippen molar-refractivity contribution < 1.29 is 4.74 Å². The molecule has 1 heterocycles. The van der Waals surface area contributed by atoms with Gasteiger partial charge < -0.3 is 4.74 Å². The molecule has 0 bridgehead atoms. The zero-order valence-corrected chi connectivity index (χ0v) is 7.33. The van der Waals surface area contributed by atoms with Crippen molar-refractivity contribution in [2.75, 3.05) is 7.11 Å². The van der Waals surface area contributed by atoms with Gasteiger partial charge in [-0.15, -0.1) is 0 Å². The predicted octanol–water partition coefficient (Wildman–Crippen LogP) is 1.04. The summed E-state index contributed by atoms with van der Waals surface area (Å²) in [6.07, 6.45) is 1.78. The van der Waals surface area contributed by atoms with Crippen molar-refractivity contribution in [3.8, 4) is 5.88 Å². The van der Waals surface area contributed by atoms with Crippen LogP contribution in [0, 0.1) is 0 Å². The lowest BCUT2D eigenvalue weighted by atomic mass is 10.1. The molecule has 0 amide bonds. The molecular formula is C7H13N3O. The Morgan fingerprint density at radius 1 is 1.45 bits per heavy atom. The molecule has 0 aliphatic rings. The number of hydrogen-bond donors (Lipinski definition) is 0. The largest absolute Gasteiger partial charge is 0.479 e. The smallest absolute Gasteiger partial charge is 0.253 e. The minimum atomic E-state index is -0.0240. The summed E-state index contributed by atoms with van der Waals surface area (Å²) in [5, 5.41) is 7.69. The zero-order chi connectivity index (χ0) is 8.48. The lowest BCUT2D eigenvalue weighted by Gasteiger charge is -2.17. The quantitative estimate of drug-likeness (QED) is 0.608. The van der Waals surface area contributed by atoms with Gasteiger partial charge in [0.1, 0.15) is 0 Å². The van der Waals surface area contributed by atoms with Crippen molar-refractivity contribution in [2.45, 2.75) is 26.3 Å². The minimum absolute atomic E-state index is 0.0240. The van der Waals surface area contributed by atoms with Gasteiger partial charge in [-0.1, -0.05) is 10.3 Å². The van der Waals surface area contributed by atoms with Crippen LogP contribution in [-0.4, -0.2) is 22.1 Å². The van der Waals surface area contributed by atoms with Crippen LogP contribution >= 0.6 is 0 Å².